The van der Waals surface area contributed by atoms with Crippen molar-refractivity contribution in [1.82, 2.24) is 10.7 Å². The molecule has 2 heterocycles. The molecule has 0 unspecified atom stereocenters. The van der Waals surface area contributed by atoms with Gasteiger partial charge in [-0.05, 0) is 42.0 Å². The van der Waals surface area contributed by atoms with Crippen LogP contribution in [0.4, 0.5) is 0 Å². The van der Waals surface area contributed by atoms with E-state index in [-0.39, 0.29) is 29.3 Å². The zero-order chi connectivity index (χ0) is 17.1. The number of nitrogens with zero attached hydrogens (tertiary/aromatic N) is 1. The summed E-state index contributed by atoms with van der Waals surface area (Å²) < 4.78 is 0. The van der Waals surface area contributed by atoms with E-state index in [9.17, 15) is 4.79 Å². The van der Waals surface area contributed by atoms with Gasteiger partial charge in [0, 0.05) is 22.7 Å². The number of Topliss-reactive ketones (excluding diaryl/α,β-unsaturated/α-hetero) is 1. The van der Waals surface area contributed by atoms with Crippen LogP contribution < -0.4 is 10.7 Å². The Labute approximate surface area is 147 Å². The average molecular weight is 344 g/mol. The first-order valence-corrected chi connectivity index (χ1v) is 8.81. The maximum absolute atomic E-state index is 13.0. The van der Waals surface area contributed by atoms with Gasteiger partial charge in [-0.15, -0.1) is 0 Å². The van der Waals surface area contributed by atoms with Gasteiger partial charge in [-0.1, -0.05) is 37.6 Å². The van der Waals surface area contributed by atoms with Crippen LogP contribution in [0.25, 0.3) is 0 Å². The predicted octanol–water partition coefficient (Wildman–Crippen LogP) is 3.59. The molecule has 3 aliphatic rings. The van der Waals surface area contributed by atoms with Crippen molar-refractivity contribution in [2.24, 2.45) is 16.4 Å². The second-order valence-corrected chi connectivity index (χ2v) is 8.31. The maximum atomic E-state index is 13.0. The van der Waals surface area contributed by atoms with Crippen LogP contribution in [0, 0.1) is 11.3 Å². The first-order valence-electron chi connectivity index (χ1n) is 8.43. The highest BCUT2D eigenvalue weighted by Crippen LogP contribution is 2.47. The number of halogens is 1. The lowest BCUT2D eigenvalue weighted by molar-refractivity contribution is -0.118. The summed E-state index contributed by atoms with van der Waals surface area (Å²) in [6.45, 7) is 6.40. The van der Waals surface area contributed by atoms with Gasteiger partial charge in [0.15, 0.2) is 5.78 Å². The van der Waals surface area contributed by atoms with E-state index in [0.29, 0.717) is 11.4 Å². The number of carbonyl (C=O) groups is 1. The molecule has 0 saturated carbocycles. The van der Waals surface area contributed by atoms with Crippen LogP contribution in [0.15, 0.2) is 40.5 Å². The van der Waals surface area contributed by atoms with Crippen LogP contribution in [0.3, 0.4) is 0 Å². The minimum atomic E-state index is -0.101. The van der Waals surface area contributed by atoms with Crippen LogP contribution in [0.2, 0.25) is 5.02 Å². The van der Waals surface area contributed by atoms with E-state index in [1.807, 2.05) is 31.2 Å². The third-order valence-corrected chi connectivity index (χ3v) is 5.58. The Balaban J connectivity index is 1.85. The largest absolute Gasteiger partial charge is 0.294 e. The summed E-state index contributed by atoms with van der Waals surface area (Å²) in [5, 5.41) is 8.72. The van der Waals surface area contributed by atoms with E-state index in [1.165, 1.54) is 5.57 Å². The van der Waals surface area contributed by atoms with Gasteiger partial charge in [0.05, 0.1) is 12.0 Å². The van der Waals surface area contributed by atoms with Gasteiger partial charge in [-0.3, -0.25) is 15.5 Å². The molecule has 2 N–H and O–H groups in total. The number of ketones is 1. The number of benzene rings is 1. The van der Waals surface area contributed by atoms with Crippen molar-refractivity contribution in [3.63, 3.8) is 0 Å². The standard InChI is InChI=1S/C19H22ClN3O/c1-10-15-13-8-19(2,3)9-14(24)16(13)17(21-18(15)23-22-10)11-4-6-12(20)7-5-11/h4-7,15,17-18,21,23H,8-9H2,1-3H3/t15-,17-,18+/m0/s1. The number of nitrogens with one attached hydrogen (secondary N) is 2. The molecule has 0 saturated heterocycles. The monoisotopic (exact) mass is 343 g/mol. The Kier molecular flexibility index (Phi) is 3.59. The van der Waals surface area contributed by atoms with Gasteiger partial charge in [0.1, 0.15) is 6.17 Å². The summed E-state index contributed by atoms with van der Waals surface area (Å²) in [7, 11) is 0. The van der Waals surface area contributed by atoms with Crippen molar-refractivity contribution >= 4 is 23.1 Å². The molecule has 0 aromatic heterocycles. The lowest BCUT2D eigenvalue weighted by atomic mass is 9.66. The van der Waals surface area contributed by atoms with Crippen molar-refractivity contribution in [1.29, 1.82) is 0 Å². The van der Waals surface area contributed by atoms with E-state index < -0.39 is 0 Å². The summed E-state index contributed by atoms with van der Waals surface area (Å²) >= 11 is 6.03. The van der Waals surface area contributed by atoms with E-state index in [4.69, 9.17) is 11.6 Å². The van der Waals surface area contributed by atoms with E-state index >= 15 is 0 Å². The molecule has 126 valence electrons. The number of rotatable bonds is 1. The SMILES string of the molecule is CC1=NN[C@H]2N[C@@H](c3ccc(Cl)cc3)C3=C(CC(C)(C)CC3=O)[C@H]12. The fourth-order valence-electron chi connectivity index (χ4n) is 4.33. The number of fused-ring (bicyclic) bond motifs is 2. The Morgan fingerprint density at radius 2 is 1.92 bits per heavy atom. The summed E-state index contributed by atoms with van der Waals surface area (Å²) in [6.07, 6.45) is 1.58. The summed E-state index contributed by atoms with van der Waals surface area (Å²) in [4.78, 5) is 13.0. The van der Waals surface area contributed by atoms with Crippen molar-refractivity contribution < 1.29 is 4.79 Å². The molecule has 2 aliphatic heterocycles. The number of hydrogen-bond donors (Lipinski definition) is 2. The van der Waals surface area contributed by atoms with E-state index in [2.05, 4.69) is 29.7 Å². The quantitative estimate of drug-likeness (QED) is 0.819. The van der Waals surface area contributed by atoms with Gasteiger partial charge in [0.2, 0.25) is 0 Å². The molecule has 0 spiro atoms. The molecule has 5 heteroatoms. The lowest BCUT2D eigenvalue weighted by Crippen LogP contribution is -2.52. The molecular formula is C19H22ClN3O. The molecule has 4 rings (SSSR count). The van der Waals surface area contributed by atoms with Crippen LogP contribution >= 0.6 is 11.6 Å². The number of carbonyl (C=O) groups excluding carboxylic acids is 1. The molecule has 4 nitrogen and oxygen atoms in total. The normalized spacial score (nSPS) is 31.2. The Morgan fingerprint density at radius 1 is 1.21 bits per heavy atom. The molecule has 0 radical (unpaired) electrons. The number of hydrazone groups is 1. The van der Waals surface area contributed by atoms with Crippen LogP contribution in [0.5, 0.6) is 0 Å². The molecule has 1 aliphatic carbocycles. The van der Waals surface area contributed by atoms with Crippen molar-refractivity contribution in [3.8, 4) is 0 Å². The van der Waals surface area contributed by atoms with Gasteiger partial charge < -0.3 is 0 Å². The minimum absolute atomic E-state index is 0.00518. The second kappa shape index (κ2) is 5.43. The second-order valence-electron chi connectivity index (χ2n) is 7.87. The van der Waals surface area contributed by atoms with Crippen LogP contribution in [-0.4, -0.2) is 17.7 Å². The third-order valence-electron chi connectivity index (χ3n) is 5.33. The highest BCUT2D eigenvalue weighted by molar-refractivity contribution is 6.30. The highest BCUT2D eigenvalue weighted by atomic mass is 35.5. The van der Waals surface area contributed by atoms with Crippen molar-refractivity contribution in [2.75, 3.05) is 0 Å². The fourth-order valence-corrected chi connectivity index (χ4v) is 4.46. The average Bonchev–Trinajstić information content (AvgIpc) is 2.87. The fraction of sp³-hybridized carbons (Fsp3) is 0.474. The van der Waals surface area contributed by atoms with Crippen LogP contribution in [-0.2, 0) is 4.79 Å². The minimum Gasteiger partial charge on any atom is -0.294 e. The molecule has 0 fully saturated rings. The molecular weight excluding hydrogens is 322 g/mol. The predicted molar refractivity (Wildman–Crippen MR) is 95.9 cm³/mol. The Hall–Kier alpha value is -1.65. The number of hydrogen-bond acceptors (Lipinski definition) is 4. The third kappa shape index (κ3) is 2.49. The Morgan fingerprint density at radius 3 is 2.62 bits per heavy atom. The van der Waals surface area contributed by atoms with Gasteiger partial charge in [-0.2, -0.15) is 5.10 Å². The van der Waals surface area contributed by atoms with E-state index in [0.717, 1.165) is 23.3 Å². The lowest BCUT2D eigenvalue weighted by Gasteiger charge is -2.43. The first kappa shape index (κ1) is 15.9. The van der Waals surface area contributed by atoms with Crippen molar-refractivity contribution in [2.45, 2.75) is 45.8 Å². The van der Waals surface area contributed by atoms with Gasteiger partial charge >= 0.3 is 0 Å². The zero-order valence-corrected chi connectivity index (χ0v) is 14.9. The maximum Gasteiger partial charge on any atom is 0.161 e. The van der Waals surface area contributed by atoms with Crippen LogP contribution in [0.1, 0.15) is 45.2 Å². The summed E-state index contributed by atoms with van der Waals surface area (Å²) in [5.41, 5.74) is 7.53. The molecule has 1 aromatic rings. The van der Waals surface area contributed by atoms with E-state index in [1.54, 1.807) is 0 Å². The first-order chi connectivity index (χ1) is 11.4. The highest BCUT2D eigenvalue weighted by Gasteiger charge is 2.47. The van der Waals surface area contributed by atoms with Crippen molar-refractivity contribution in [3.05, 3.63) is 46.0 Å². The zero-order valence-electron chi connectivity index (χ0n) is 14.2. The summed E-state index contributed by atoms with van der Waals surface area (Å²) in [6, 6.07) is 7.66. The smallest absolute Gasteiger partial charge is 0.161 e. The molecule has 0 amide bonds. The van der Waals surface area contributed by atoms with Gasteiger partial charge in [0.25, 0.3) is 0 Å². The molecule has 0 bridgehead atoms. The molecule has 24 heavy (non-hydrogen) atoms. The molecule has 3 atom stereocenters. The Bertz CT molecular complexity index is 763. The summed E-state index contributed by atoms with van der Waals surface area (Å²) in [5.74, 6) is 0.430. The topological polar surface area (TPSA) is 53.5 Å². The van der Waals surface area contributed by atoms with Gasteiger partial charge in [-0.25, -0.2) is 0 Å². The molecule has 1 aromatic carbocycles.